The van der Waals surface area contributed by atoms with E-state index < -0.39 is 5.60 Å². The number of carbonyl (C=O) groups is 1. The molecule has 2 atom stereocenters. The first kappa shape index (κ1) is 18.7. The Labute approximate surface area is 162 Å². The Morgan fingerprint density at radius 1 is 1.31 bits per heavy atom. The van der Waals surface area contributed by atoms with Crippen LogP contribution in [0.3, 0.4) is 0 Å². The number of hydrogen-bond donors (Lipinski definition) is 2. The number of aromatic nitrogens is 1. The second-order valence-corrected chi connectivity index (χ2v) is 7.25. The summed E-state index contributed by atoms with van der Waals surface area (Å²) in [6.07, 6.45) is 4.03. The molecule has 1 aliphatic carbocycles. The third-order valence-corrected chi connectivity index (χ3v) is 4.76. The Bertz CT molecular complexity index is 875. The lowest BCUT2D eigenvalue weighted by molar-refractivity contribution is 0.0452. The smallest absolute Gasteiger partial charge is 0.251 e. The second kappa shape index (κ2) is 8.09. The molecular formula is C20H18Cl2N2O2. The van der Waals surface area contributed by atoms with Crippen molar-refractivity contribution in [1.82, 2.24) is 10.3 Å². The number of amides is 1. The summed E-state index contributed by atoms with van der Waals surface area (Å²) in [7, 11) is 0. The standard InChI is InChI=1S/C20H18Cl2N2O2/c21-16-4-1-3-14(11-16)6-9-20(26)8-2-5-17(13-20)24-19(25)15-7-10-23-18(22)12-15/h1,3-4,7,10-12,17,26H,2,5,8,13H2,(H,24,25)/t17-,20+/m0/s1. The highest BCUT2D eigenvalue weighted by molar-refractivity contribution is 6.30. The van der Waals surface area contributed by atoms with Gasteiger partial charge in [0.2, 0.25) is 0 Å². The summed E-state index contributed by atoms with van der Waals surface area (Å²) in [6.45, 7) is 0. The number of pyridine rings is 1. The molecule has 1 aromatic carbocycles. The number of halogens is 2. The van der Waals surface area contributed by atoms with Crippen molar-refractivity contribution in [2.24, 2.45) is 0 Å². The van der Waals surface area contributed by atoms with Crippen LogP contribution in [0.25, 0.3) is 0 Å². The van der Waals surface area contributed by atoms with E-state index in [-0.39, 0.29) is 17.1 Å². The van der Waals surface area contributed by atoms with E-state index in [0.717, 1.165) is 18.4 Å². The average molecular weight is 389 g/mol. The molecule has 0 bridgehead atoms. The molecule has 0 saturated heterocycles. The molecule has 1 amide bonds. The zero-order chi connectivity index (χ0) is 18.6. The molecule has 4 nitrogen and oxygen atoms in total. The van der Waals surface area contributed by atoms with Crippen LogP contribution in [0, 0.1) is 11.8 Å². The Hall–Kier alpha value is -2.06. The lowest BCUT2D eigenvalue weighted by atomic mass is 9.82. The Morgan fingerprint density at radius 3 is 2.92 bits per heavy atom. The highest BCUT2D eigenvalue weighted by atomic mass is 35.5. The van der Waals surface area contributed by atoms with Gasteiger partial charge in [-0.3, -0.25) is 4.79 Å². The van der Waals surface area contributed by atoms with Gasteiger partial charge in [-0.05, 0) is 49.6 Å². The van der Waals surface area contributed by atoms with Gasteiger partial charge in [-0.15, -0.1) is 0 Å². The number of carbonyl (C=O) groups excluding carboxylic acids is 1. The molecule has 2 N–H and O–H groups in total. The summed E-state index contributed by atoms with van der Waals surface area (Å²) in [5.41, 5.74) is 0.0710. The summed E-state index contributed by atoms with van der Waals surface area (Å²) in [5.74, 6) is 5.71. The van der Waals surface area contributed by atoms with E-state index in [1.807, 2.05) is 12.1 Å². The minimum atomic E-state index is -1.13. The molecule has 6 heteroatoms. The fourth-order valence-electron chi connectivity index (χ4n) is 3.06. The summed E-state index contributed by atoms with van der Waals surface area (Å²) in [4.78, 5) is 16.2. The van der Waals surface area contributed by atoms with E-state index in [2.05, 4.69) is 22.1 Å². The minimum Gasteiger partial charge on any atom is -0.378 e. The van der Waals surface area contributed by atoms with Crippen LogP contribution in [0.1, 0.15) is 41.6 Å². The summed E-state index contributed by atoms with van der Waals surface area (Å²) < 4.78 is 0. The number of benzene rings is 1. The van der Waals surface area contributed by atoms with Gasteiger partial charge in [0.05, 0.1) is 0 Å². The van der Waals surface area contributed by atoms with Crippen LogP contribution in [-0.4, -0.2) is 27.6 Å². The summed E-state index contributed by atoms with van der Waals surface area (Å²) >= 11 is 11.8. The monoisotopic (exact) mass is 388 g/mol. The summed E-state index contributed by atoms with van der Waals surface area (Å²) in [6, 6.07) is 10.2. The molecule has 1 aromatic heterocycles. The largest absolute Gasteiger partial charge is 0.378 e. The van der Waals surface area contributed by atoms with Crippen molar-refractivity contribution in [1.29, 1.82) is 0 Å². The zero-order valence-corrected chi connectivity index (χ0v) is 15.5. The van der Waals surface area contributed by atoms with E-state index in [0.29, 0.717) is 23.4 Å². The van der Waals surface area contributed by atoms with Gasteiger partial charge in [-0.1, -0.05) is 41.1 Å². The van der Waals surface area contributed by atoms with E-state index in [1.54, 1.807) is 18.2 Å². The molecule has 1 fully saturated rings. The van der Waals surface area contributed by atoms with Gasteiger partial charge >= 0.3 is 0 Å². The lowest BCUT2D eigenvalue weighted by Gasteiger charge is -2.33. The van der Waals surface area contributed by atoms with E-state index in [1.165, 1.54) is 12.3 Å². The molecule has 1 aliphatic rings. The first-order valence-corrected chi connectivity index (χ1v) is 9.13. The summed E-state index contributed by atoms with van der Waals surface area (Å²) in [5, 5.41) is 14.6. The van der Waals surface area contributed by atoms with Crippen LogP contribution in [-0.2, 0) is 0 Å². The van der Waals surface area contributed by atoms with Crippen LogP contribution in [0.2, 0.25) is 10.2 Å². The first-order chi connectivity index (χ1) is 12.4. The molecule has 1 heterocycles. The van der Waals surface area contributed by atoms with Crippen molar-refractivity contribution in [2.45, 2.75) is 37.3 Å². The first-order valence-electron chi connectivity index (χ1n) is 8.37. The van der Waals surface area contributed by atoms with E-state index >= 15 is 0 Å². The van der Waals surface area contributed by atoms with Gasteiger partial charge in [-0.2, -0.15) is 0 Å². The maximum Gasteiger partial charge on any atom is 0.251 e. The SMILES string of the molecule is O=C(N[C@H]1CCC[C@@](O)(C#Cc2cccc(Cl)c2)C1)c1ccnc(Cl)c1. The van der Waals surface area contributed by atoms with Crippen LogP contribution in [0.4, 0.5) is 0 Å². The van der Waals surface area contributed by atoms with Crippen molar-refractivity contribution < 1.29 is 9.90 Å². The Morgan fingerprint density at radius 2 is 2.15 bits per heavy atom. The molecule has 134 valence electrons. The number of nitrogens with zero attached hydrogens (tertiary/aromatic N) is 1. The molecular weight excluding hydrogens is 371 g/mol. The quantitative estimate of drug-likeness (QED) is 0.606. The van der Waals surface area contributed by atoms with Crippen molar-refractivity contribution in [3.8, 4) is 11.8 Å². The molecule has 0 unspecified atom stereocenters. The molecule has 0 aliphatic heterocycles. The Balaban J connectivity index is 1.68. The minimum absolute atomic E-state index is 0.151. The average Bonchev–Trinajstić information content (AvgIpc) is 2.60. The molecule has 2 aromatic rings. The Kier molecular flexibility index (Phi) is 5.83. The van der Waals surface area contributed by atoms with Gasteiger partial charge < -0.3 is 10.4 Å². The fourth-order valence-corrected chi connectivity index (χ4v) is 3.42. The van der Waals surface area contributed by atoms with Gasteiger partial charge in [-0.25, -0.2) is 4.98 Å². The molecule has 0 spiro atoms. The molecule has 0 radical (unpaired) electrons. The van der Waals surface area contributed by atoms with E-state index in [4.69, 9.17) is 23.2 Å². The van der Waals surface area contributed by atoms with E-state index in [9.17, 15) is 9.90 Å². The number of rotatable bonds is 2. The predicted molar refractivity (Wildman–Crippen MR) is 102 cm³/mol. The van der Waals surface area contributed by atoms with Gasteiger partial charge in [0, 0.05) is 34.8 Å². The normalized spacial score (nSPS) is 22.2. The third-order valence-electron chi connectivity index (χ3n) is 4.32. The van der Waals surface area contributed by atoms with Crippen molar-refractivity contribution in [3.63, 3.8) is 0 Å². The highest BCUT2D eigenvalue weighted by Crippen LogP contribution is 2.28. The highest BCUT2D eigenvalue weighted by Gasteiger charge is 2.33. The van der Waals surface area contributed by atoms with Gasteiger partial charge in [0.15, 0.2) is 0 Å². The molecule has 3 rings (SSSR count). The number of nitrogens with one attached hydrogen (secondary N) is 1. The lowest BCUT2D eigenvalue weighted by Crippen LogP contribution is -2.45. The fraction of sp³-hybridized carbons (Fsp3) is 0.300. The van der Waals surface area contributed by atoms with Gasteiger partial charge in [0.25, 0.3) is 5.91 Å². The van der Waals surface area contributed by atoms with Crippen LogP contribution < -0.4 is 5.32 Å². The van der Waals surface area contributed by atoms with Crippen LogP contribution in [0.15, 0.2) is 42.6 Å². The zero-order valence-electron chi connectivity index (χ0n) is 14.0. The van der Waals surface area contributed by atoms with Crippen molar-refractivity contribution in [2.75, 3.05) is 0 Å². The molecule has 26 heavy (non-hydrogen) atoms. The predicted octanol–water partition coefficient (Wildman–Crippen LogP) is 3.84. The molecule has 1 saturated carbocycles. The van der Waals surface area contributed by atoms with Gasteiger partial charge in [0.1, 0.15) is 10.8 Å². The maximum atomic E-state index is 12.4. The van der Waals surface area contributed by atoms with Crippen molar-refractivity contribution >= 4 is 29.1 Å². The van der Waals surface area contributed by atoms with Crippen LogP contribution >= 0.6 is 23.2 Å². The number of hydrogen-bond acceptors (Lipinski definition) is 3. The number of aliphatic hydroxyl groups is 1. The maximum absolute atomic E-state index is 12.4. The van der Waals surface area contributed by atoms with Crippen molar-refractivity contribution in [3.05, 3.63) is 63.9 Å². The third kappa shape index (κ3) is 4.98. The topological polar surface area (TPSA) is 62.2 Å². The second-order valence-electron chi connectivity index (χ2n) is 6.43. The van der Waals surface area contributed by atoms with Crippen LogP contribution in [0.5, 0.6) is 0 Å².